The van der Waals surface area contributed by atoms with Gasteiger partial charge in [-0.2, -0.15) is 5.10 Å². The Balaban J connectivity index is 1.63. The van der Waals surface area contributed by atoms with Crippen LogP contribution in [0.1, 0.15) is 18.1 Å². The van der Waals surface area contributed by atoms with Crippen LogP contribution in [0.3, 0.4) is 0 Å². The number of morpholine rings is 1. The molecule has 0 spiro atoms. The molecular formula is C20H25N3O. The van der Waals surface area contributed by atoms with Crippen molar-refractivity contribution in [2.24, 2.45) is 5.10 Å². The summed E-state index contributed by atoms with van der Waals surface area (Å²) in [6.07, 6.45) is 1.93. The maximum absolute atomic E-state index is 5.33. The molecule has 3 rings (SSSR count). The standard InChI is InChI=1S/C20H25N3O/c1-2-22(17-19-6-4-3-5-7-19)20-10-8-18(9-11-20)16-21-23-12-14-24-15-13-23/h3-11,16H,2,12-15,17H2,1H3/b21-16-. The fourth-order valence-electron chi connectivity index (χ4n) is 2.78. The van der Waals surface area contributed by atoms with Crippen molar-refractivity contribution in [1.82, 2.24) is 5.01 Å². The van der Waals surface area contributed by atoms with E-state index < -0.39 is 0 Å². The fraction of sp³-hybridized carbons (Fsp3) is 0.350. The molecule has 1 fully saturated rings. The molecule has 0 radical (unpaired) electrons. The van der Waals surface area contributed by atoms with Gasteiger partial charge in [-0.3, -0.25) is 5.01 Å². The van der Waals surface area contributed by atoms with Crippen molar-refractivity contribution < 1.29 is 4.74 Å². The van der Waals surface area contributed by atoms with E-state index in [0.29, 0.717) is 0 Å². The van der Waals surface area contributed by atoms with Crippen molar-refractivity contribution in [3.05, 3.63) is 65.7 Å². The zero-order valence-electron chi connectivity index (χ0n) is 14.3. The zero-order valence-corrected chi connectivity index (χ0v) is 14.3. The Bertz CT molecular complexity index is 634. The highest BCUT2D eigenvalue weighted by Crippen LogP contribution is 2.17. The van der Waals surface area contributed by atoms with E-state index in [1.807, 2.05) is 6.21 Å². The molecule has 0 amide bonds. The molecule has 1 aliphatic heterocycles. The summed E-state index contributed by atoms with van der Waals surface area (Å²) in [5.41, 5.74) is 3.70. The van der Waals surface area contributed by atoms with E-state index in [2.05, 4.69) is 76.5 Å². The number of nitrogens with zero attached hydrogens (tertiary/aromatic N) is 3. The molecular weight excluding hydrogens is 298 g/mol. The molecule has 0 N–H and O–H groups in total. The molecule has 0 aromatic heterocycles. The second-order valence-corrected chi connectivity index (χ2v) is 5.90. The zero-order chi connectivity index (χ0) is 16.6. The summed E-state index contributed by atoms with van der Waals surface area (Å²) >= 11 is 0. The lowest BCUT2D eigenvalue weighted by atomic mass is 10.1. The van der Waals surface area contributed by atoms with Crippen molar-refractivity contribution in [2.45, 2.75) is 13.5 Å². The first-order chi connectivity index (χ1) is 11.8. The van der Waals surface area contributed by atoms with Crippen LogP contribution in [-0.4, -0.2) is 44.1 Å². The molecule has 1 saturated heterocycles. The Morgan fingerprint density at radius 2 is 1.75 bits per heavy atom. The fourth-order valence-corrected chi connectivity index (χ4v) is 2.78. The van der Waals surface area contributed by atoms with Crippen molar-refractivity contribution in [1.29, 1.82) is 0 Å². The van der Waals surface area contributed by atoms with Gasteiger partial charge in [0.05, 0.1) is 32.5 Å². The molecule has 1 heterocycles. The number of benzene rings is 2. The number of ether oxygens (including phenoxy) is 1. The van der Waals surface area contributed by atoms with Gasteiger partial charge in [0, 0.05) is 18.8 Å². The van der Waals surface area contributed by atoms with E-state index in [9.17, 15) is 0 Å². The number of rotatable bonds is 6. The number of hydrogen-bond acceptors (Lipinski definition) is 4. The van der Waals surface area contributed by atoms with E-state index in [4.69, 9.17) is 4.74 Å². The van der Waals surface area contributed by atoms with Gasteiger partial charge >= 0.3 is 0 Å². The Morgan fingerprint density at radius 3 is 2.42 bits per heavy atom. The minimum atomic E-state index is 0.765. The van der Waals surface area contributed by atoms with Gasteiger partial charge in [0.2, 0.25) is 0 Å². The lowest BCUT2D eigenvalue weighted by Gasteiger charge is -2.24. The normalized spacial score (nSPS) is 15.0. The maximum atomic E-state index is 5.33. The van der Waals surface area contributed by atoms with E-state index >= 15 is 0 Å². The summed E-state index contributed by atoms with van der Waals surface area (Å²) in [7, 11) is 0. The van der Waals surface area contributed by atoms with Gasteiger partial charge < -0.3 is 9.64 Å². The summed E-state index contributed by atoms with van der Waals surface area (Å²) in [5.74, 6) is 0. The predicted molar refractivity (Wildman–Crippen MR) is 99.6 cm³/mol. The van der Waals surface area contributed by atoms with Gasteiger partial charge in [-0.25, -0.2) is 0 Å². The lowest BCUT2D eigenvalue weighted by molar-refractivity contribution is 0.0397. The minimum Gasteiger partial charge on any atom is -0.378 e. The largest absolute Gasteiger partial charge is 0.378 e. The van der Waals surface area contributed by atoms with Crippen LogP contribution in [0.2, 0.25) is 0 Å². The Labute approximate surface area is 144 Å². The highest BCUT2D eigenvalue weighted by Gasteiger charge is 2.07. The van der Waals surface area contributed by atoms with Crippen LogP contribution in [0.5, 0.6) is 0 Å². The van der Waals surface area contributed by atoms with Crippen molar-refractivity contribution >= 4 is 11.9 Å². The monoisotopic (exact) mass is 323 g/mol. The summed E-state index contributed by atoms with van der Waals surface area (Å²) in [6.45, 7) is 7.37. The van der Waals surface area contributed by atoms with Crippen molar-refractivity contribution in [3.8, 4) is 0 Å². The molecule has 2 aromatic carbocycles. The molecule has 0 saturated carbocycles. The quantitative estimate of drug-likeness (QED) is 0.763. The van der Waals surface area contributed by atoms with Gasteiger partial charge in [-0.15, -0.1) is 0 Å². The number of hydrogen-bond donors (Lipinski definition) is 0. The molecule has 4 nitrogen and oxygen atoms in total. The lowest BCUT2D eigenvalue weighted by Crippen LogP contribution is -2.32. The topological polar surface area (TPSA) is 28.1 Å². The number of hydrazone groups is 1. The molecule has 0 bridgehead atoms. The number of anilines is 1. The van der Waals surface area contributed by atoms with Crippen molar-refractivity contribution in [2.75, 3.05) is 37.7 Å². The van der Waals surface area contributed by atoms with Gasteiger partial charge in [0.15, 0.2) is 0 Å². The van der Waals surface area contributed by atoms with Gasteiger partial charge in [0.1, 0.15) is 0 Å². The third-order valence-electron chi connectivity index (χ3n) is 4.21. The van der Waals surface area contributed by atoms with Crippen LogP contribution >= 0.6 is 0 Å². The third-order valence-corrected chi connectivity index (χ3v) is 4.21. The Hall–Kier alpha value is -2.33. The van der Waals surface area contributed by atoms with Crippen LogP contribution in [0.4, 0.5) is 5.69 Å². The third kappa shape index (κ3) is 4.59. The highest BCUT2D eigenvalue weighted by molar-refractivity contribution is 5.80. The average molecular weight is 323 g/mol. The molecule has 0 aliphatic carbocycles. The highest BCUT2D eigenvalue weighted by atomic mass is 16.5. The summed E-state index contributed by atoms with van der Waals surface area (Å²) in [4.78, 5) is 2.37. The van der Waals surface area contributed by atoms with Crippen LogP contribution in [0.25, 0.3) is 0 Å². The molecule has 126 valence electrons. The van der Waals surface area contributed by atoms with E-state index in [-0.39, 0.29) is 0 Å². The van der Waals surface area contributed by atoms with Gasteiger partial charge in [-0.05, 0) is 30.2 Å². The molecule has 0 atom stereocenters. The molecule has 0 unspecified atom stereocenters. The summed E-state index contributed by atoms with van der Waals surface area (Å²) in [5, 5.41) is 6.59. The first kappa shape index (κ1) is 16.5. The van der Waals surface area contributed by atoms with Crippen LogP contribution in [-0.2, 0) is 11.3 Å². The first-order valence-corrected chi connectivity index (χ1v) is 8.61. The van der Waals surface area contributed by atoms with Gasteiger partial charge in [0.25, 0.3) is 0 Å². The smallest absolute Gasteiger partial charge is 0.0659 e. The van der Waals surface area contributed by atoms with Crippen LogP contribution in [0, 0.1) is 0 Å². The first-order valence-electron chi connectivity index (χ1n) is 8.61. The molecule has 1 aliphatic rings. The van der Waals surface area contributed by atoms with Gasteiger partial charge in [-0.1, -0.05) is 42.5 Å². The minimum absolute atomic E-state index is 0.765. The van der Waals surface area contributed by atoms with Crippen LogP contribution in [0.15, 0.2) is 59.7 Å². The van der Waals surface area contributed by atoms with E-state index in [1.54, 1.807) is 0 Å². The molecule has 24 heavy (non-hydrogen) atoms. The molecule has 4 heteroatoms. The Kier molecular flexibility index (Phi) is 5.85. The SMILES string of the molecule is CCN(Cc1ccccc1)c1ccc(/C=N\N2CCOCC2)cc1. The molecule has 2 aromatic rings. The second kappa shape index (κ2) is 8.50. The summed E-state index contributed by atoms with van der Waals surface area (Å²) < 4.78 is 5.33. The van der Waals surface area contributed by atoms with E-state index in [1.165, 1.54) is 11.3 Å². The second-order valence-electron chi connectivity index (χ2n) is 5.90. The summed E-state index contributed by atoms with van der Waals surface area (Å²) in [6, 6.07) is 19.2. The van der Waals surface area contributed by atoms with Crippen LogP contribution < -0.4 is 4.90 Å². The average Bonchev–Trinajstić information content (AvgIpc) is 2.67. The maximum Gasteiger partial charge on any atom is 0.0659 e. The van der Waals surface area contributed by atoms with Crippen molar-refractivity contribution in [3.63, 3.8) is 0 Å². The van der Waals surface area contributed by atoms with E-state index in [0.717, 1.165) is 45.0 Å². The predicted octanol–water partition coefficient (Wildman–Crippen LogP) is 3.38. The Morgan fingerprint density at radius 1 is 1.04 bits per heavy atom.